The summed E-state index contributed by atoms with van der Waals surface area (Å²) in [6, 6.07) is 10.8. The summed E-state index contributed by atoms with van der Waals surface area (Å²) in [5.41, 5.74) is 7.19. The van der Waals surface area contributed by atoms with Crippen molar-refractivity contribution in [2.45, 2.75) is 44.8 Å². The van der Waals surface area contributed by atoms with Gasteiger partial charge in [-0.3, -0.25) is 19.3 Å². The molecule has 2 unspecified atom stereocenters. The molecule has 2 aromatic rings. The van der Waals surface area contributed by atoms with Crippen molar-refractivity contribution in [3.8, 4) is 0 Å². The Morgan fingerprint density at radius 1 is 1.28 bits per heavy atom. The van der Waals surface area contributed by atoms with Crippen molar-refractivity contribution in [1.82, 2.24) is 10.2 Å². The highest BCUT2D eigenvalue weighted by atomic mass is 32.1. The van der Waals surface area contributed by atoms with Gasteiger partial charge in [-0.15, -0.1) is 11.3 Å². The van der Waals surface area contributed by atoms with Crippen LogP contribution < -0.4 is 16.4 Å². The molecule has 1 aliphatic rings. The molecule has 3 amide bonds. The van der Waals surface area contributed by atoms with Crippen LogP contribution >= 0.6 is 11.3 Å². The van der Waals surface area contributed by atoms with Crippen molar-refractivity contribution in [1.29, 1.82) is 0 Å². The molecule has 1 fully saturated rings. The van der Waals surface area contributed by atoms with Gasteiger partial charge in [0.2, 0.25) is 17.7 Å². The summed E-state index contributed by atoms with van der Waals surface area (Å²) in [6.07, 6.45) is 1.90. The molecule has 154 valence electrons. The van der Waals surface area contributed by atoms with Crippen LogP contribution in [-0.4, -0.2) is 35.2 Å². The maximum atomic E-state index is 12.6. The maximum absolute atomic E-state index is 12.6. The van der Waals surface area contributed by atoms with Crippen molar-refractivity contribution in [2.75, 3.05) is 11.9 Å². The summed E-state index contributed by atoms with van der Waals surface area (Å²) in [5, 5.41) is 7.67. The van der Waals surface area contributed by atoms with E-state index in [4.69, 9.17) is 5.73 Å². The molecule has 2 atom stereocenters. The molecule has 0 saturated carbocycles. The highest BCUT2D eigenvalue weighted by Crippen LogP contribution is 2.24. The summed E-state index contributed by atoms with van der Waals surface area (Å²) in [5.74, 6) is -0.636. The molecule has 29 heavy (non-hydrogen) atoms. The summed E-state index contributed by atoms with van der Waals surface area (Å²) in [7, 11) is 0. The van der Waals surface area contributed by atoms with E-state index in [9.17, 15) is 14.4 Å². The average Bonchev–Trinajstić information content (AvgIpc) is 3.33. The minimum absolute atomic E-state index is 0.153. The third-order valence-corrected chi connectivity index (χ3v) is 5.93. The second kappa shape index (κ2) is 9.67. The quantitative estimate of drug-likeness (QED) is 0.617. The Morgan fingerprint density at radius 2 is 2.10 bits per heavy atom. The Bertz CT molecular complexity index is 869. The van der Waals surface area contributed by atoms with Crippen molar-refractivity contribution in [3.63, 3.8) is 0 Å². The van der Waals surface area contributed by atoms with Crippen LogP contribution in [-0.2, 0) is 20.9 Å². The monoisotopic (exact) mass is 414 g/mol. The minimum atomic E-state index is -0.350. The van der Waals surface area contributed by atoms with E-state index in [1.807, 2.05) is 41.8 Å². The van der Waals surface area contributed by atoms with Crippen molar-refractivity contribution < 1.29 is 14.4 Å². The van der Waals surface area contributed by atoms with E-state index in [1.165, 1.54) is 18.3 Å². The van der Waals surface area contributed by atoms with Gasteiger partial charge >= 0.3 is 0 Å². The van der Waals surface area contributed by atoms with Crippen molar-refractivity contribution in [3.05, 3.63) is 52.2 Å². The molecule has 1 saturated heterocycles. The van der Waals surface area contributed by atoms with E-state index >= 15 is 0 Å². The zero-order valence-corrected chi connectivity index (χ0v) is 17.2. The van der Waals surface area contributed by atoms with E-state index in [-0.39, 0.29) is 36.2 Å². The number of rotatable bonds is 8. The lowest BCUT2D eigenvalue weighted by atomic mass is 10.1. The predicted molar refractivity (Wildman–Crippen MR) is 113 cm³/mol. The van der Waals surface area contributed by atoms with Crippen LogP contribution in [0.1, 0.15) is 42.7 Å². The predicted octanol–water partition coefficient (Wildman–Crippen LogP) is 2.40. The summed E-state index contributed by atoms with van der Waals surface area (Å²) in [6.45, 7) is 2.89. The zero-order chi connectivity index (χ0) is 20.8. The first kappa shape index (κ1) is 21.0. The number of likely N-dealkylation sites (tertiary alicyclic amines) is 1. The van der Waals surface area contributed by atoms with Gasteiger partial charge in [-0.25, -0.2) is 0 Å². The number of hydrogen-bond donors (Lipinski definition) is 3. The van der Waals surface area contributed by atoms with Gasteiger partial charge < -0.3 is 16.4 Å². The average molecular weight is 415 g/mol. The van der Waals surface area contributed by atoms with Crippen LogP contribution in [0.25, 0.3) is 0 Å². The number of nitrogens with one attached hydrogen (secondary N) is 2. The smallest absolute Gasteiger partial charge is 0.234 e. The van der Waals surface area contributed by atoms with Gasteiger partial charge in [0.15, 0.2) is 0 Å². The molecule has 1 aromatic heterocycles. The van der Waals surface area contributed by atoms with Gasteiger partial charge in [-0.05, 0) is 48.5 Å². The van der Waals surface area contributed by atoms with Crippen molar-refractivity contribution in [2.24, 2.45) is 5.73 Å². The Morgan fingerprint density at radius 3 is 2.79 bits per heavy atom. The van der Waals surface area contributed by atoms with E-state index in [0.717, 1.165) is 29.8 Å². The second-order valence-electron chi connectivity index (χ2n) is 7.25. The van der Waals surface area contributed by atoms with Crippen LogP contribution in [0, 0.1) is 0 Å². The fourth-order valence-corrected chi connectivity index (χ4v) is 4.45. The number of carbonyl (C=O) groups is 3. The standard InChI is InChI=1S/C21H26N4O3S/c1-14(26)23-17(19-8-4-10-29-19)12-20(27)24-16-6-2-5-15(11-16)13-25-9-3-7-18(25)21(22)28/h2,4-6,8,10-11,17-18H,3,7,9,12-13H2,1H3,(H2,22,28)(H,23,26)(H,24,27). The first-order valence-electron chi connectivity index (χ1n) is 9.65. The molecular formula is C21H26N4O3S. The minimum Gasteiger partial charge on any atom is -0.368 e. The SMILES string of the molecule is CC(=O)NC(CC(=O)Nc1cccc(CN2CCCC2C(N)=O)c1)c1cccs1. The maximum Gasteiger partial charge on any atom is 0.234 e. The Hall–Kier alpha value is -2.71. The van der Waals surface area contributed by atoms with E-state index in [2.05, 4.69) is 15.5 Å². The third-order valence-electron chi connectivity index (χ3n) is 4.94. The van der Waals surface area contributed by atoms with Gasteiger partial charge in [0.05, 0.1) is 18.5 Å². The Kier molecular flexibility index (Phi) is 7.00. The largest absolute Gasteiger partial charge is 0.368 e. The molecule has 3 rings (SSSR count). The molecule has 2 heterocycles. The van der Waals surface area contributed by atoms with Gasteiger partial charge in [0.1, 0.15) is 0 Å². The fourth-order valence-electron chi connectivity index (χ4n) is 3.67. The number of nitrogens with zero attached hydrogens (tertiary/aromatic N) is 1. The fraction of sp³-hybridized carbons (Fsp3) is 0.381. The van der Waals surface area contributed by atoms with E-state index in [0.29, 0.717) is 12.2 Å². The number of benzene rings is 1. The molecular weight excluding hydrogens is 388 g/mol. The van der Waals surface area contributed by atoms with Crippen LogP contribution in [0.3, 0.4) is 0 Å². The summed E-state index contributed by atoms with van der Waals surface area (Å²) >= 11 is 1.51. The van der Waals surface area contributed by atoms with Crippen LogP contribution in [0.2, 0.25) is 0 Å². The second-order valence-corrected chi connectivity index (χ2v) is 8.23. The lowest BCUT2D eigenvalue weighted by molar-refractivity contribution is -0.122. The number of carbonyl (C=O) groups excluding carboxylic acids is 3. The molecule has 1 aromatic carbocycles. The third kappa shape index (κ3) is 5.88. The molecule has 0 spiro atoms. The number of thiophene rings is 1. The van der Waals surface area contributed by atoms with Crippen molar-refractivity contribution >= 4 is 34.7 Å². The highest BCUT2D eigenvalue weighted by Gasteiger charge is 2.28. The van der Waals surface area contributed by atoms with E-state index < -0.39 is 0 Å². The van der Waals surface area contributed by atoms with Gasteiger partial charge in [-0.2, -0.15) is 0 Å². The van der Waals surface area contributed by atoms with Crippen LogP contribution in [0.5, 0.6) is 0 Å². The number of nitrogens with two attached hydrogens (primary N) is 1. The number of amides is 3. The first-order chi connectivity index (χ1) is 13.9. The van der Waals surface area contributed by atoms with Gasteiger partial charge in [0, 0.05) is 24.0 Å². The highest BCUT2D eigenvalue weighted by molar-refractivity contribution is 7.10. The lowest BCUT2D eigenvalue weighted by Gasteiger charge is -2.22. The normalized spacial score (nSPS) is 17.6. The first-order valence-corrected chi connectivity index (χ1v) is 10.5. The zero-order valence-electron chi connectivity index (χ0n) is 16.4. The molecule has 0 aliphatic carbocycles. The number of anilines is 1. The Balaban J connectivity index is 1.62. The molecule has 0 radical (unpaired) electrons. The topological polar surface area (TPSA) is 105 Å². The van der Waals surface area contributed by atoms with Gasteiger partial charge in [-0.1, -0.05) is 18.2 Å². The summed E-state index contributed by atoms with van der Waals surface area (Å²) in [4.78, 5) is 38.7. The molecule has 0 bridgehead atoms. The molecule has 1 aliphatic heterocycles. The van der Waals surface area contributed by atoms with Gasteiger partial charge in [0.25, 0.3) is 0 Å². The number of hydrogen-bond acceptors (Lipinski definition) is 5. The van der Waals surface area contributed by atoms with E-state index in [1.54, 1.807) is 0 Å². The van der Waals surface area contributed by atoms with Crippen LogP contribution in [0.15, 0.2) is 41.8 Å². The number of primary amides is 1. The summed E-state index contributed by atoms with van der Waals surface area (Å²) < 4.78 is 0. The molecule has 4 N–H and O–H groups in total. The molecule has 7 nitrogen and oxygen atoms in total. The van der Waals surface area contributed by atoms with Crippen LogP contribution in [0.4, 0.5) is 5.69 Å². The molecule has 8 heteroatoms. The lowest BCUT2D eigenvalue weighted by Crippen LogP contribution is -2.39. The Labute approximate surface area is 174 Å².